The SMILES string of the molecule is COC(=O)c1ccc(CN(CCCCCCCNC(=O)CCCCC2SCC3NC(=O)NC32)CCCCCCCNC(=O)CCCCC2SCC3NC(=O)NC32)cc1.O=C(CCCCC1SCC2NC(=O)NC21)NCCCCCCCN(CCCCCCCNC(=O)CCCCC1SCC2NC(=O)NC21)Cc1ccc(C(=O)O)cc1. The summed E-state index contributed by atoms with van der Waals surface area (Å²) in [6.45, 7) is 8.64. The number of urea groups is 4. The van der Waals surface area contributed by atoms with E-state index in [1.807, 2.05) is 83.4 Å². The van der Waals surface area contributed by atoms with Gasteiger partial charge >= 0.3 is 36.1 Å². The number of hydrogen-bond acceptors (Lipinski definition) is 17. The fraction of sp³-hybridized carbons (Fsp3) is 0.741. The van der Waals surface area contributed by atoms with Gasteiger partial charge in [-0.05, 0) is 164 Å². The van der Waals surface area contributed by atoms with Crippen LogP contribution in [0.15, 0.2) is 48.5 Å². The van der Waals surface area contributed by atoms with Gasteiger partial charge in [-0.1, -0.05) is 127 Å². The van der Waals surface area contributed by atoms with Gasteiger partial charge in [0.15, 0.2) is 0 Å². The van der Waals surface area contributed by atoms with Gasteiger partial charge in [0.1, 0.15) is 0 Å². The van der Waals surface area contributed by atoms with Crippen molar-refractivity contribution in [2.75, 3.05) is 82.5 Å². The molecule has 8 fully saturated rings. The highest BCUT2D eigenvalue weighted by Gasteiger charge is 2.46. The summed E-state index contributed by atoms with van der Waals surface area (Å²) in [4.78, 5) is 124. The van der Waals surface area contributed by atoms with E-state index in [0.29, 0.717) is 57.8 Å². The van der Waals surface area contributed by atoms with E-state index >= 15 is 0 Å². The maximum Gasteiger partial charge on any atom is 0.337 e. The topological polar surface area (TPSA) is 351 Å². The number of carboxylic acid groups (broad SMARTS) is 1. The van der Waals surface area contributed by atoms with Crippen LogP contribution in [-0.4, -0.2) is 226 Å². The van der Waals surface area contributed by atoms with Crippen molar-refractivity contribution in [3.05, 3.63) is 70.8 Å². The van der Waals surface area contributed by atoms with Crippen molar-refractivity contribution in [2.24, 2.45) is 0 Å². The number of esters is 1. The molecule has 115 heavy (non-hydrogen) atoms. The molecule has 2 aromatic carbocycles. The molecule has 0 aliphatic carbocycles. The van der Waals surface area contributed by atoms with Gasteiger partial charge in [0.05, 0.1) is 66.6 Å². The third-order valence-corrected chi connectivity index (χ3v) is 29.6. The zero-order chi connectivity index (χ0) is 81.2. The first-order valence-corrected chi connectivity index (χ1v) is 48.0. The van der Waals surface area contributed by atoms with Gasteiger partial charge in [-0.3, -0.25) is 29.0 Å². The van der Waals surface area contributed by atoms with E-state index < -0.39 is 5.97 Å². The Morgan fingerprint density at radius 1 is 0.348 bits per heavy atom. The molecule has 0 aromatic heterocycles. The van der Waals surface area contributed by atoms with Crippen molar-refractivity contribution < 1.29 is 57.8 Å². The summed E-state index contributed by atoms with van der Waals surface area (Å²) >= 11 is 7.69. The molecule has 0 radical (unpaired) electrons. The molecule has 8 heterocycles. The molecular formula is C85H136N14O12S4. The summed E-state index contributed by atoms with van der Waals surface area (Å²) in [5, 5.41) is 47.5. The van der Waals surface area contributed by atoms with E-state index in [-0.39, 0.29) is 102 Å². The predicted octanol–water partition coefficient (Wildman–Crippen LogP) is 11.6. The van der Waals surface area contributed by atoms with Crippen molar-refractivity contribution in [3.63, 3.8) is 0 Å². The Hall–Kier alpha value is -6.34. The summed E-state index contributed by atoms with van der Waals surface area (Å²) < 4.78 is 4.86. The highest BCUT2D eigenvalue weighted by molar-refractivity contribution is 8.01. The van der Waals surface area contributed by atoms with Crippen LogP contribution in [-0.2, 0) is 37.0 Å². The van der Waals surface area contributed by atoms with Crippen LogP contribution in [0.1, 0.15) is 263 Å². The minimum absolute atomic E-state index is 0.0475. The second-order valence-electron chi connectivity index (χ2n) is 32.7. The van der Waals surface area contributed by atoms with Gasteiger partial charge in [0, 0.05) is 109 Å². The standard InChI is InChI=1S/C43H69N7O6S2.C42H67N7O6S2/c1-56-41(53)32-22-20-31(21-23-32)28-50(26-14-6-2-4-12-24-44-37(51)18-10-8-16-35-39-33(29-57-35)46-42(54)48-39)27-15-7-3-5-13-25-45-38(52)19-11-9-17-36-40-34(30-58-36)47-43(55)49-40;50-36(17-9-7-15-34-38-32(28-56-34)45-41(54)47-38)43-23-11-3-1-5-13-25-49(27-30-19-21-31(22-20-30)40(52)53)26-14-6-2-4-12-24-44-37(51)18-10-8-16-35-39-33(29-57-35)46-42(55)48-39/h20-23,33-36,39-40H,2-19,24-30H2,1H3,(H,44,51)(H,45,52)(H2,46,48,54)(H2,47,49,55);19-22,32-35,38-39H,1-18,23-29H2,(H,43,50)(H,44,51)(H,52,53)(H2,45,47,54)(H2,46,48,55). The lowest BCUT2D eigenvalue weighted by atomic mass is 10.0. The number of nitrogens with one attached hydrogen (secondary N) is 12. The molecule has 0 bridgehead atoms. The number of thioether (sulfide) groups is 4. The molecule has 26 nitrogen and oxygen atoms in total. The third-order valence-electron chi connectivity index (χ3n) is 23.6. The first-order valence-electron chi connectivity index (χ1n) is 43.8. The minimum Gasteiger partial charge on any atom is -0.478 e. The van der Waals surface area contributed by atoms with Crippen molar-refractivity contribution in [1.29, 1.82) is 0 Å². The Balaban J connectivity index is 0.000000263. The number of rotatable bonds is 58. The van der Waals surface area contributed by atoms with Crippen LogP contribution in [0.3, 0.4) is 0 Å². The quantitative estimate of drug-likeness (QED) is 0.0166. The minimum atomic E-state index is -0.906. The Labute approximate surface area is 700 Å². The normalized spacial score (nSPS) is 23.3. The molecule has 30 heteroatoms. The summed E-state index contributed by atoms with van der Waals surface area (Å²) in [7, 11) is 1.40. The van der Waals surface area contributed by atoms with E-state index in [1.54, 1.807) is 12.1 Å². The molecule has 642 valence electrons. The van der Waals surface area contributed by atoms with Crippen LogP contribution in [0.2, 0.25) is 0 Å². The summed E-state index contributed by atoms with van der Waals surface area (Å²) in [5.41, 5.74) is 3.19. The number of unbranched alkanes of at least 4 members (excludes halogenated alkanes) is 20. The Bertz CT molecular complexity index is 3170. The van der Waals surface area contributed by atoms with Gasteiger partial charge in [-0.25, -0.2) is 28.8 Å². The zero-order valence-corrected chi connectivity index (χ0v) is 71.6. The number of benzene rings is 2. The highest BCUT2D eigenvalue weighted by Crippen LogP contribution is 2.37. The number of nitrogens with zero attached hydrogens (tertiary/aromatic N) is 2. The van der Waals surface area contributed by atoms with Crippen molar-refractivity contribution in [1.82, 2.24) is 73.6 Å². The Morgan fingerprint density at radius 3 is 0.861 bits per heavy atom. The molecule has 8 aliphatic rings. The van der Waals surface area contributed by atoms with Gasteiger partial charge in [-0.2, -0.15) is 47.0 Å². The lowest BCUT2D eigenvalue weighted by Gasteiger charge is -2.22. The van der Waals surface area contributed by atoms with Crippen molar-refractivity contribution in [2.45, 2.75) is 314 Å². The molecule has 13 N–H and O–H groups in total. The van der Waals surface area contributed by atoms with Crippen molar-refractivity contribution >= 4 is 107 Å². The number of methoxy groups -OCH3 is 1. The number of aromatic carboxylic acids is 1. The van der Waals surface area contributed by atoms with Crippen LogP contribution >= 0.6 is 47.0 Å². The molecule has 0 spiro atoms. The van der Waals surface area contributed by atoms with E-state index in [1.165, 1.54) is 12.7 Å². The molecule has 12 amide bonds. The molecular weight excluding hydrogens is 1540 g/mol. The second kappa shape index (κ2) is 52.6. The first kappa shape index (κ1) is 92.5. The number of carbonyl (C=O) groups is 10. The average Bonchev–Trinajstić information content (AvgIpc) is 1.69. The monoisotopic (exact) mass is 1670 g/mol. The average molecular weight is 1670 g/mol. The molecule has 12 unspecified atom stereocenters. The van der Waals surface area contributed by atoms with Gasteiger partial charge in [0.2, 0.25) is 23.6 Å². The second-order valence-corrected chi connectivity index (χ2v) is 37.8. The summed E-state index contributed by atoms with van der Waals surface area (Å²) in [6, 6.07) is 16.7. The Morgan fingerprint density at radius 2 is 0.600 bits per heavy atom. The maximum atomic E-state index is 12.4. The van der Waals surface area contributed by atoms with Crippen LogP contribution in [0.5, 0.6) is 0 Å². The van der Waals surface area contributed by atoms with Crippen LogP contribution in [0.25, 0.3) is 0 Å². The molecule has 0 saturated carbocycles. The molecule has 8 aliphatic heterocycles. The zero-order valence-electron chi connectivity index (χ0n) is 68.4. The molecule has 2 aromatic rings. The van der Waals surface area contributed by atoms with Crippen LogP contribution < -0.4 is 63.8 Å². The van der Waals surface area contributed by atoms with E-state index in [2.05, 4.69) is 73.6 Å². The van der Waals surface area contributed by atoms with Crippen molar-refractivity contribution in [3.8, 4) is 0 Å². The fourth-order valence-electron chi connectivity index (χ4n) is 17.0. The van der Waals surface area contributed by atoms with E-state index in [4.69, 9.17) is 4.74 Å². The number of hydrogen-bond donors (Lipinski definition) is 13. The number of carbonyl (C=O) groups excluding carboxylic acids is 9. The number of ether oxygens (including phenoxy) is 1. The number of fused-ring (bicyclic) bond motifs is 4. The molecule has 8 saturated heterocycles. The number of carboxylic acids is 1. The lowest BCUT2D eigenvalue weighted by Crippen LogP contribution is -2.36. The van der Waals surface area contributed by atoms with Gasteiger partial charge in [-0.15, -0.1) is 0 Å². The summed E-state index contributed by atoms with van der Waals surface area (Å²) in [5.74, 6) is 3.21. The fourth-order valence-corrected chi connectivity index (χ4v) is 23.2. The molecule has 10 rings (SSSR count). The molecule has 12 atom stereocenters. The van der Waals surface area contributed by atoms with Gasteiger partial charge < -0.3 is 73.6 Å². The smallest absolute Gasteiger partial charge is 0.337 e. The predicted molar refractivity (Wildman–Crippen MR) is 462 cm³/mol. The lowest BCUT2D eigenvalue weighted by molar-refractivity contribution is -0.122. The number of amides is 12. The largest absolute Gasteiger partial charge is 0.478 e. The highest BCUT2D eigenvalue weighted by atomic mass is 32.2. The Kier molecular flexibility index (Phi) is 42.3. The van der Waals surface area contributed by atoms with Gasteiger partial charge in [0.25, 0.3) is 0 Å². The first-order chi connectivity index (χ1) is 56.0. The third kappa shape index (κ3) is 34.1. The van der Waals surface area contributed by atoms with E-state index in [0.717, 1.165) is 299 Å². The van der Waals surface area contributed by atoms with E-state index in [9.17, 15) is 53.1 Å². The summed E-state index contributed by atoms with van der Waals surface area (Å²) in [6.07, 6.45) is 36.0. The van der Waals surface area contributed by atoms with Crippen LogP contribution in [0.4, 0.5) is 19.2 Å². The maximum absolute atomic E-state index is 12.4. The van der Waals surface area contributed by atoms with Crippen LogP contribution in [0, 0.1) is 0 Å².